The average Bonchev–Trinajstić information content (AvgIpc) is 2.38. The van der Waals surface area contributed by atoms with Crippen molar-refractivity contribution in [2.75, 3.05) is 13.1 Å². The van der Waals surface area contributed by atoms with Crippen LogP contribution in [-0.2, 0) is 11.2 Å². The molecule has 0 aliphatic carbocycles. The summed E-state index contributed by atoms with van der Waals surface area (Å²) in [4.78, 5) is 13.8. The highest BCUT2D eigenvalue weighted by Crippen LogP contribution is 2.14. The molecule has 1 unspecified atom stereocenters. The predicted octanol–water partition coefficient (Wildman–Crippen LogP) is 2.37. The van der Waals surface area contributed by atoms with E-state index in [0.29, 0.717) is 13.0 Å². The monoisotopic (exact) mass is 311 g/mol. The van der Waals surface area contributed by atoms with Crippen molar-refractivity contribution in [1.29, 1.82) is 0 Å². The Morgan fingerprint density at radius 2 is 2.11 bits per heavy atom. The Labute approximate surface area is 116 Å². The van der Waals surface area contributed by atoms with Gasteiger partial charge in [0.05, 0.1) is 6.10 Å². The van der Waals surface area contributed by atoms with Gasteiger partial charge in [0, 0.05) is 24.0 Å². The van der Waals surface area contributed by atoms with Gasteiger partial charge in [-0.3, -0.25) is 4.79 Å². The zero-order chi connectivity index (χ0) is 13.0. The normalized spacial score (nSPS) is 19.9. The molecule has 1 aromatic carbocycles. The molecule has 0 radical (unpaired) electrons. The Bertz CT molecular complexity index is 405. The number of aliphatic hydroxyl groups is 1. The highest BCUT2D eigenvalue weighted by atomic mass is 79.9. The second-order valence-corrected chi connectivity index (χ2v) is 5.68. The van der Waals surface area contributed by atoms with Crippen LogP contribution in [0.4, 0.5) is 0 Å². The first-order chi connectivity index (χ1) is 8.65. The van der Waals surface area contributed by atoms with Gasteiger partial charge in [0.25, 0.3) is 0 Å². The van der Waals surface area contributed by atoms with E-state index in [1.807, 2.05) is 24.3 Å². The number of carbonyl (C=O) groups is 1. The van der Waals surface area contributed by atoms with Crippen LogP contribution in [0.15, 0.2) is 28.7 Å². The molecule has 0 spiro atoms. The van der Waals surface area contributed by atoms with Crippen molar-refractivity contribution in [3.63, 3.8) is 0 Å². The maximum absolute atomic E-state index is 12.0. The van der Waals surface area contributed by atoms with Crippen LogP contribution < -0.4 is 0 Å². The van der Waals surface area contributed by atoms with Crippen LogP contribution >= 0.6 is 15.9 Å². The number of piperidine rings is 1. The molecule has 1 aliphatic heterocycles. The van der Waals surface area contributed by atoms with Crippen LogP contribution in [-0.4, -0.2) is 35.1 Å². The summed E-state index contributed by atoms with van der Waals surface area (Å²) in [6, 6.07) is 8.04. The van der Waals surface area contributed by atoms with Gasteiger partial charge in [0.1, 0.15) is 0 Å². The molecule has 0 saturated carbocycles. The van der Waals surface area contributed by atoms with Crippen molar-refractivity contribution in [3.8, 4) is 0 Å². The fourth-order valence-corrected chi connectivity index (χ4v) is 2.51. The number of benzene rings is 1. The summed E-state index contributed by atoms with van der Waals surface area (Å²) in [5, 5.41) is 9.55. The Morgan fingerprint density at radius 3 is 2.78 bits per heavy atom. The first-order valence-corrected chi connectivity index (χ1v) is 7.15. The second-order valence-electron chi connectivity index (χ2n) is 4.76. The third kappa shape index (κ3) is 3.82. The maximum atomic E-state index is 12.0. The number of β-amino-alcohol motifs (C(OH)–C–C–N with tert-alkyl or cyclic N) is 1. The third-order valence-electron chi connectivity index (χ3n) is 3.29. The van der Waals surface area contributed by atoms with Gasteiger partial charge in [-0.1, -0.05) is 28.1 Å². The van der Waals surface area contributed by atoms with Crippen LogP contribution in [0, 0.1) is 0 Å². The topological polar surface area (TPSA) is 40.5 Å². The third-order valence-corrected chi connectivity index (χ3v) is 3.82. The smallest absolute Gasteiger partial charge is 0.222 e. The highest BCUT2D eigenvalue weighted by Gasteiger charge is 2.21. The number of halogens is 1. The number of carbonyl (C=O) groups excluding carboxylic acids is 1. The number of aryl methyl sites for hydroxylation is 1. The zero-order valence-electron chi connectivity index (χ0n) is 10.3. The van der Waals surface area contributed by atoms with Crippen molar-refractivity contribution in [1.82, 2.24) is 4.90 Å². The predicted molar refractivity (Wildman–Crippen MR) is 74.3 cm³/mol. The van der Waals surface area contributed by atoms with E-state index in [2.05, 4.69) is 15.9 Å². The van der Waals surface area contributed by atoms with Gasteiger partial charge in [0.2, 0.25) is 5.91 Å². The van der Waals surface area contributed by atoms with Gasteiger partial charge in [0.15, 0.2) is 0 Å². The molecule has 1 atom stereocenters. The second kappa shape index (κ2) is 6.34. The molecule has 4 heteroatoms. The lowest BCUT2D eigenvalue weighted by Crippen LogP contribution is -2.42. The standard InChI is InChI=1S/C14H18BrNO2/c15-12-6-3-11(4-7-12)5-8-14(18)16-9-1-2-13(17)10-16/h3-4,6-7,13,17H,1-2,5,8-10H2. The summed E-state index contributed by atoms with van der Waals surface area (Å²) in [5.41, 5.74) is 1.17. The van der Waals surface area contributed by atoms with Gasteiger partial charge >= 0.3 is 0 Å². The molecule has 18 heavy (non-hydrogen) atoms. The van der Waals surface area contributed by atoms with Crippen molar-refractivity contribution in [3.05, 3.63) is 34.3 Å². The Hall–Kier alpha value is -0.870. The minimum atomic E-state index is -0.338. The molecule has 1 aromatic rings. The fraction of sp³-hybridized carbons (Fsp3) is 0.500. The Morgan fingerprint density at radius 1 is 1.39 bits per heavy atom. The maximum Gasteiger partial charge on any atom is 0.222 e. The largest absolute Gasteiger partial charge is 0.391 e. The quantitative estimate of drug-likeness (QED) is 0.931. The van der Waals surface area contributed by atoms with Crippen molar-refractivity contribution in [2.45, 2.75) is 31.8 Å². The van der Waals surface area contributed by atoms with Gasteiger partial charge in [-0.05, 0) is 37.0 Å². The summed E-state index contributed by atoms with van der Waals surface area (Å²) in [7, 11) is 0. The fourth-order valence-electron chi connectivity index (χ4n) is 2.24. The molecule has 1 fully saturated rings. The molecule has 2 rings (SSSR count). The molecule has 98 valence electrons. The van der Waals surface area contributed by atoms with E-state index in [1.54, 1.807) is 4.90 Å². The number of likely N-dealkylation sites (tertiary alicyclic amines) is 1. The number of amides is 1. The van der Waals surface area contributed by atoms with Crippen LogP contribution in [0.25, 0.3) is 0 Å². The molecule has 1 heterocycles. The van der Waals surface area contributed by atoms with Crippen LogP contribution in [0.1, 0.15) is 24.8 Å². The van der Waals surface area contributed by atoms with E-state index in [4.69, 9.17) is 0 Å². The summed E-state index contributed by atoms with van der Waals surface area (Å²) >= 11 is 3.39. The van der Waals surface area contributed by atoms with Crippen molar-refractivity contribution < 1.29 is 9.90 Å². The Balaban J connectivity index is 1.82. The molecule has 0 bridgehead atoms. The molecule has 1 amide bonds. The molecule has 1 N–H and O–H groups in total. The summed E-state index contributed by atoms with van der Waals surface area (Å²) in [5.74, 6) is 0.150. The summed E-state index contributed by atoms with van der Waals surface area (Å²) < 4.78 is 1.05. The van der Waals surface area contributed by atoms with Gasteiger partial charge in [-0.25, -0.2) is 0 Å². The molecule has 0 aromatic heterocycles. The molecular formula is C14H18BrNO2. The number of aliphatic hydroxyl groups excluding tert-OH is 1. The van der Waals surface area contributed by atoms with Crippen LogP contribution in [0.2, 0.25) is 0 Å². The van der Waals surface area contributed by atoms with E-state index in [-0.39, 0.29) is 12.0 Å². The van der Waals surface area contributed by atoms with Crippen molar-refractivity contribution >= 4 is 21.8 Å². The minimum Gasteiger partial charge on any atom is -0.391 e. The number of rotatable bonds is 3. The number of nitrogens with zero attached hydrogens (tertiary/aromatic N) is 1. The molecule has 1 saturated heterocycles. The first-order valence-electron chi connectivity index (χ1n) is 6.35. The van der Waals surface area contributed by atoms with E-state index < -0.39 is 0 Å². The van der Waals surface area contributed by atoms with Crippen LogP contribution in [0.5, 0.6) is 0 Å². The summed E-state index contributed by atoms with van der Waals surface area (Å²) in [6.45, 7) is 1.29. The summed E-state index contributed by atoms with van der Waals surface area (Å²) in [6.07, 6.45) is 2.67. The van der Waals surface area contributed by atoms with Crippen molar-refractivity contribution in [2.24, 2.45) is 0 Å². The molecular weight excluding hydrogens is 294 g/mol. The van der Waals surface area contributed by atoms with E-state index in [9.17, 15) is 9.90 Å². The van der Waals surface area contributed by atoms with Gasteiger partial charge < -0.3 is 10.0 Å². The number of hydrogen-bond acceptors (Lipinski definition) is 2. The lowest BCUT2D eigenvalue weighted by Gasteiger charge is -2.30. The lowest BCUT2D eigenvalue weighted by atomic mass is 10.1. The van der Waals surface area contributed by atoms with Gasteiger partial charge in [-0.15, -0.1) is 0 Å². The van der Waals surface area contributed by atoms with E-state index >= 15 is 0 Å². The SMILES string of the molecule is O=C(CCc1ccc(Br)cc1)N1CCCC(O)C1. The van der Waals surface area contributed by atoms with E-state index in [1.165, 1.54) is 5.56 Å². The van der Waals surface area contributed by atoms with Crippen LogP contribution in [0.3, 0.4) is 0 Å². The zero-order valence-corrected chi connectivity index (χ0v) is 11.9. The lowest BCUT2D eigenvalue weighted by molar-refractivity contribution is -0.134. The average molecular weight is 312 g/mol. The first kappa shape index (κ1) is 13.6. The highest BCUT2D eigenvalue weighted by molar-refractivity contribution is 9.10. The Kier molecular flexibility index (Phi) is 4.78. The minimum absolute atomic E-state index is 0.150. The molecule has 1 aliphatic rings. The van der Waals surface area contributed by atoms with Gasteiger partial charge in [-0.2, -0.15) is 0 Å². The van der Waals surface area contributed by atoms with E-state index in [0.717, 1.165) is 30.3 Å². The molecule has 3 nitrogen and oxygen atoms in total. The number of hydrogen-bond donors (Lipinski definition) is 1.